The Balaban J connectivity index is 1.77. The van der Waals surface area contributed by atoms with Crippen molar-refractivity contribution >= 4 is 17.8 Å². The number of nitrogens with one attached hydrogen (secondary N) is 1. The van der Waals surface area contributed by atoms with Crippen LogP contribution in [0.15, 0.2) is 24.3 Å². The summed E-state index contributed by atoms with van der Waals surface area (Å²) in [6.45, 7) is 1.76. The highest BCUT2D eigenvalue weighted by Crippen LogP contribution is 2.29. The van der Waals surface area contributed by atoms with Crippen LogP contribution in [0.1, 0.15) is 48.5 Å². The van der Waals surface area contributed by atoms with Crippen molar-refractivity contribution in [1.29, 1.82) is 0 Å². The molecule has 28 heavy (non-hydrogen) atoms. The first kappa shape index (κ1) is 21.7. The van der Waals surface area contributed by atoms with E-state index < -0.39 is 36.8 Å². The molecular formula is C19H23F3N2O4. The zero-order chi connectivity index (χ0) is 20.7. The second-order valence-corrected chi connectivity index (χ2v) is 6.56. The largest absolute Gasteiger partial charge is 0.454 e. The number of hydrogen-bond donors (Lipinski definition) is 1. The molecule has 1 aliphatic heterocycles. The van der Waals surface area contributed by atoms with Gasteiger partial charge in [0.05, 0.1) is 5.56 Å². The quantitative estimate of drug-likeness (QED) is 0.745. The summed E-state index contributed by atoms with van der Waals surface area (Å²) < 4.78 is 42.4. The fourth-order valence-electron chi connectivity index (χ4n) is 3.09. The van der Waals surface area contributed by atoms with Gasteiger partial charge in [-0.3, -0.25) is 14.4 Å². The van der Waals surface area contributed by atoms with E-state index in [1.807, 2.05) is 6.92 Å². The molecule has 0 radical (unpaired) electrons. The van der Waals surface area contributed by atoms with Gasteiger partial charge >= 0.3 is 12.1 Å². The number of rotatable bonds is 6. The van der Waals surface area contributed by atoms with E-state index in [0.717, 1.165) is 49.9 Å². The number of piperidine rings is 1. The van der Waals surface area contributed by atoms with Gasteiger partial charge in [0.25, 0.3) is 11.8 Å². The summed E-state index contributed by atoms with van der Waals surface area (Å²) in [5, 5.41) is 2.26. The first-order valence-electron chi connectivity index (χ1n) is 9.13. The third kappa shape index (κ3) is 5.97. The van der Waals surface area contributed by atoms with E-state index in [0.29, 0.717) is 6.54 Å². The number of esters is 1. The van der Waals surface area contributed by atoms with Crippen LogP contribution in [0.4, 0.5) is 13.2 Å². The first-order chi connectivity index (χ1) is 13.2. The summed E-state index contributed by atoms with van der Waals surface area (Å²) in [5.74, 6) is -1.77. The topological polar surface area (TPSA) is 75.7 Å². The maximum absolute atomic E-state index is 12.5. The number of ether oxygens (including phenoxy) is 1. The van der Waals surface area contributed by atoms with Crippen LogP contribution in [-0.2, 0) is 20.5 Å². The first-order valence-corrected chi connectivity index (χ1v) is 9.13. The molecular weight excluding hydrogens is 377 g/mol. The summed E-state index contributed by atoms with van der Waals surface area (Å²) in [7, 11) is 0. The van der Waals surface area contributed by atoms with E-state index in [1.54, 1.807) is 4.90 Å². The molecule has 0 aromatic heterocycles. The number of carbonyl (C=O) groups excluding carboxylic acids is 3. The zero-order valence-electron chi connectivity index (χ0n) is 15.6. The number of halogens is 3. The van der Waals surface area contributed by atoms with Crippen LogP contribution in [0.5, 0.6) is 0 Å². The van der Waals surface area contributed by atoms with Crippen molar-refractivity contribution in [3.63, 3.8) is 0 Å². The number of hydrogen-bond acceptors (Lipinski definition) is 4. The number of alkyl halides is 3. The smallest absolute Gasteiger partial charge is 0.416 e. The number of benzene rings is 1. The van der Waals surface area contributed by atoms with Gasteiger partial charge in [0.15, 0.2) is 6.61 Å². The highest BCUT2D eigenvalue weighted by molar-refractivity contribution is 5.96. The monoisotopic (exact) mass is 400 g/mol. The lowest BCUT2D eigenvalue weighted by molar-refractivity contribution is -0.152. The van der Waals surface area contributed by atoms with E-state index in [2.05, 4.69) is 5.32 Å². The van der Waals surface area contributed by atoms with Gasteiger partial charge in [-0.1, -0.05) is 6.92 Å². The van der Waals surface area contributed by atoms with E-state index in [1.165, 1.54) is 0 Å². The summed E-state index contributed by atoms with van der Waals surface area (Å²) in [6, 6.07) is 3.77. The predicted octanol–water partition coefficient (Wildman–Crippen LogP) is 2.77. The normalized spacial score (nSPS) is 17.1. The van der Waals surface area contributed by atoms with Crippen molar-refractivity contribution in [2.45, 2.75) is 44.8 Å². The molecule has 2 rings (SSSR count). The molecule has 1 unspecified atom stereocenters. The van der Waals surface area contributed by atoms with Crippen molar-refractivity contribution in [3.05, 3.63) is 35.4 Å². The van der Waals surface area contributed by atoms with E-state index in [4.69, 9.17) is 4.74 Å². The lowest BCUT2D eigenvalue weighted by Crippen LogP contribution is -2.45. The molecule has 1 atom stereocenters. The number of likely N-dealkylation sites (tertiary alicyclic amines) is 1. The molecule has 1 heterocycles. The van der Waals surface area contributed by atoms with Crippen molar-refractivity contribution in [2.75, 3.05) is 19.7 Å². The lowest BCUT2D eigenvalue weighted by atomic mass is 10.00. The molecule has 2 amide bonds. The average Bonchev–Trinajstić information content (AvgIpc) is 2.69. The Hall–Kier alpha value is -2.58. The SMILES string of the molecule is CCC1CCCCN1C(=O)COC(=O)CNC(=O)c1ccc(C(F)(F)F)cc1. The highest BCUT2D eigenvalue weighted by atomic mass is 19.4. The van der Waals surface area contributed by atoms with Crippen molar-refractivity contribution in [2.24, 2.45) is 0 Å². The maximum atomic E-state index is 12.5. The van der Waals surface area contributed by atoms with Crippen LogP contribution in [0, 0.1) is 0 Å². The van der Waals surface area contributed by atoms with Crippen molar-refractivity contribution in [1.82, 2.24) is 10.2 Å². The molecule has 6 nitrogen and oxygen atoms in total. The standard InChI is InChI=1S/C19H23F3N2O4/c1-2-15-5-3-4-10-24(15)16(25)12-28-17(26)11-23-18(27)13-6-8-14(9-7-13)19(20,21)22/h6-9,15H,2-5,10-12H2,1H3,(H,23,27). The van der Waals surface area contributed by atoms with Crippen LogP contribution in [0.3, 0.4) is 0 Å². The minimum Gasteiger partial charge on any atom is -0.454 e. The summed E-state index contributed by atoms with van der Waals surface area (Å²) in [6.07, 6.45) is -0.740. The van der Waals surface area contributed by atoms with Gasteiger partial charge in [0.1, 0.15) is 6.54 Å². The minimum absolute atomic E-state index is 0.0176. The number of carbonyl (C=O) groups is 3. The van der Waals surface area contributed by atoms with Crippen LogP contribution >= 0.6 is 0 Å². The molecule has 1 N–H and O–H groups in total. The van der Waals surface area contributed by atoms with E-state index >= 15 is 0 Å². The van der Waals surface area contributed by atoms with Gasteiger partial charge in [-0.25, -0.2) is 0 Å². The Morgan fingerprint density at radius 2 is 1.86 bits per heavy atom. The molecule has 0 spiro atoms. The second-order valence-electron chi connectivity index (χ2n) is 6.56. The van der Waals surface area contributed by atoms with Gasteiger partial charge < -0.3 is 15.0 Å². The highest BCUT2D eigenvalue weighted by Gasteiger charge is 2.30. The Labute approximate surface area is 161 Å². The molecule has 0 bridgehead atoms. The Kier molecular flexibility index (Phi) is 7.42. The average molecular weight is 400 g/mol. The molecule has 154 valence electrons. The minimum atomic E-state index is -4.49. The van der Waals surface area contributed by atoms with Crippen LogP contribution in [0.25, 0.3) is 0 Å². The molecule has 1 aromatic rings. The molecule has 1 aromatic carbocycles. The molecule has 0 aliphatic carbocycles. The molecule has 1 aliphatic rings. The van der Waals surface area contributed by atoms with Crippen LogP contribution < -0.4 is 5.32 Å². The summed E-state index contributed by atoms with van der Waals surface area (Å²) in [4.78, 5) is 37.6. The number of amides is 2. The Bertz CT molecular complexity index is 704. The Morgan fingerprint density at radius 1 is 1.18 bits per heavy atom. The number of nitrogens with zero attached hydrogens (tertiary/aromatic N) is 1. The molecule has 9 heteroatoms. The Morgan fingerprint density at radius 3 is 2.46 bits per heavy atom. The van der Waals surface area contributed by atoms with Crippen molar-refractivity contribution < 1.29 is 32.3 Å². The van der Waals surface area contributed by atoms with Gasteiger partial charge in [0, 0.05) is 18.2 Å². The summed E-state index contributed by atoms with van der Waals surface area (Å²) in [5.41, 5.74) is -0.888. The van der Waals surface area contributed by atoms with Gasteiger partial charge in [-0.05, 0) is 49.9 Å². The molecule has 0 saturated carbocycles. The van der Waals surface area contributed by atoms with Gasteiger partial charge in [0.2, 0.25) is 0 Å². The van der Waals surface area contributed by atoms with E-state index in [-0.39, 0.29) is 17.5 Å². The van der Waals surface area contributed by atoms with E-state index in [9.17, 15) is 27.6 Å². The molecule has 1 saturated heterocycles. The summed E-state index contributed by atoms with van der Waals surface area (Å²) >= 11 is 0. The zero-order valence-corrected chi connectivity index (χ0v) is 15.6. The van der Waals surface area contributed by atoms with Gasteiger partial charge in [-0.15, -0.1) is 0 Å². The second kappa shape index (κ2) is 9.57. The molecule has 1 fully saturated rings. The van der Waals surface area contributed by atoms with Crippen molar-refractivity contribution in [3.8, 4) is 0 Å². The fraction of sp³-hybridized carbons (Fsp3) is 0.526. The van der Waals surface area contributed by atoms with Gasteiger partial charge in [-0.2, -0.15) is 13.2 Å². The maximum Gasteiger partial charge on any atom is 0.416 e. The van der Waals surface area contributed by atoms with Crippen LogP contribution in [0.2, 0.25) is 0 Å². The lowest BCUT2D eigenvalue weighted by Gasteiger charge is -2.35. The van der Waals surface area contributed by atoms with Crippen LogP contribution in [-0.4, -0.2) is 48.4 Å². The predicted molar refractivity (Wildman–Crippen MR) is 94.4 cm³/mol. The third-order valence-corrected chi connectivity index (χ3v) is 4.64. The fourth-order valence-corrected chi connectivity index (χ4v) is 3.09. The third-order valence-electron chi connectivity index (χ3n) is 4.64.